The fourth-order valence-electron chi connectivity index (χ4n) is 4.75. The fraction of sp³-hybridized carbons (Fsp3) is 0.200. The first-order valence-electron chi connectivity index (χ1n) is 7.71. The summed E-state index contributed by atoms with van der Waals surface area (Å²) < 4.78 is 0. The maximum atomic E-state index is 12.5. The zero-order chi connectivity index (χ0) is 14.8. The van der Waals surface area contributed by atoms with Gasteiger partial charge in [0.15, 0.2) is 11.6 Å². The molecule has 0 saturated heterocycles. The monoisotopic (exact) mass is 286 g/mol. The summed E-state index contributed by atoms with van der Waals surface area (Å²) in [5.74, 6) is -0.223. The van der Waals surface area contributed by atoms with E-state index in [0.717, 1.165) is 0 Å². The molecule has 22 heavy (non-hydrogen) atoms. The van der Waals surface area contributed by atoms with Gasteiger partial charge in [-0.3, -0.25) is 9.59 Å². The molecular weight excluding hydrogens is 272 g/mol. The van der Waals surface area contributed by atoms with Gasteiger partial charge < -0.3 is 0 Å². The molecule has 2 heteroatoms. The average Bonchev–Trinajstić information content (AvgIpc) is 2.58. The molecule has 2 aromatic carbocycles. The minimum Gasteiger partial charge on any atom is -0.294 e. The number of carbonyl (C=O) groups excluding carboxylic acids is 2. The van der Waals surface area contributed by atoms with Gasteiger partial charge in [-0.25, -0.2) is 0 Å². The van der Waals surface area contributed by atoms with Gasteiger partial charge in [0.05, 0.1) is 0 Å². The summed E-state index contributed by atoms with van der Waals surface area (Å²) in [6, 6.07) is 16.6. The highest BCUT2D eigenvalue weighted by molar-refractivity contribution is 6.09. The molecule has 0 N–H and O–H groups in total. The number of carbonyl (C=O) groups is 2. The van der Waals surface area contributed by atoms with Crippen LogP contribution in [0, 0.1) is 11.8 Å². The predicted molar refractivity (Wildman–Crippen MR) is 82.7 cm³/mol. The third kappa shape index (κ3) is 1.31. The molecule has 2 bridgehead atoms. The van der Waals surface area contributed by atoms with Crippen LogP contribution in [0.3, 0.4) is 0 Å². The van der Waals surface area contributed by atoms with Crippen LogP contribution >= 0.6 is 0 Å². The van der Waals surface area contributed by atoms with Crippen molar-refractivity contribution in [1.29, 1.82) is 0 Å². The quantitative estimate of drug-likeness (QED) is 0.745. The molecule has 2 nitrogen and oxygen atoms in total. The summed E-state index contributed by atoms with van der Waals surface area (Å²) in [6.45, 7) is 0. The Hall–Kier alpha value is -2.48. The van der Waals surface area contributed by atoms with Crippen LogP contribution in [0.15, 0.2) is 60.7 Å². The lowest BCUT2D eigenvalue weighted by Crippen LogP contribution is -2.47. The van der Waals surface area contributed by atoms with Crippen LogP contribution in [-0.4, -0.2) is 11.6 Å². The van der Waals surface area contributed by atoms with E-state index in [-0.39, 0.29) is 35.2 Å². The van der Waals surface area contributed by atoms with Gasteiger partial charge in [0, 0.05) is 23.7 Å². The molecule has 2 atom stereocenters. The Kier molecular flexibility index (Phi) is 2.22. The van der Waals surface area contributed by atoms with E-state index in [1.54, 1.807) is 0 Å². The second kappa shape index (κ2) is 4.04. The molecule has 0 amide bonds. The lowest BCUT2D eigenvalue weighted by atomic mass is 9.51. The molecule has 6 rings (SSSR count). The lowest BCUT2D eigenvalue weighted by Gasteiger charge is -2.49. The van der Waals surface area contributed by atoms with E-state index < -0.39 is 0 Å². The van der Waals surface area contributed by atoms with Crippen LogP contribution in [0.2, 0.25) is 0 Å². The van der Waals surface area contributed by atoms with Crippen LogP contribution in [0.1, 0.15) is 34.1 Å². The number of ketones is 2. The van der Waals surface area contributed by atoms with E-state index in [1.807, 2.05) is 24.3 Å². The normalized spacial score (nSPS) is 30.7. The summed E-state index contributed by atoms with van der Waals surface area (Å²) in [7, 11) is 0. The first-order chi connectivity index (χ1) is 10.8. The van der Waals surface area contributed by atoms with Crippen LogP contribution in [0.5, 0.6) is 0 Å². The molecule has 4 aliphatic carbocycles. The topological polar surface area (TPSA) is 34.1 Å². The Morgan fingerprint density at radius 2 is 0.864 bits per heavy atom. The van der Waals surface area contributed by atoms with E-state index in [9.17, 15) is 9.59 Å². The molecule has 106 valence electrons. The van der Waals surface area contributed by atoms with E-state index in [2.05, 4.69) is 24.3 Å². The maximum Gasteiger partial charge on any atom is 0.160 e. The van der Waals surface area contributed by atoms with Crippen LogP contribution in [0.4, 0.5) is 0 Å². The van der Waals surface area contributed by atoms with Crippen LogP contribution < -0.4 is 0 Å². The predicted octanol–water partition coefficient (Wildman–Crippen LogP) is 3.22. The van der Waals surface area contributed by atoms with Crippen LogP contribution in [0.25, 0.3) is 0 Å². The second-order valence-electron chi connectivity index (χ2n) is 6.40. The molecule has 0 heterocycles. The maximum absolute atomic E-state index is 12.5. The average molecular weight is 286 g/mol. The summed E-state index contributed by atoms with van der Waals surface area (Å²) in [5.41, 5.74) is 4.90. The van der Waals surface area contributed by atoms with Crippen molar-refractivity contribution in [3.05, 3.63) is 82.9 Å². The Morgan fingerprint density at radius 3 is 1.18 bits per heavy atom. The van der Waals surface area contributed by atoms with E-state index in [1.165, 1.54) is 34.4 Å². The van der Waals surface area contributed by atoms with Gasteiger partial charge in [-0.15, -0.1) is 0 Å². The second-order valence-corrected chi connectivity index (χ2v) is 6.40. The largest absolute Gasteiger partial charge is 0.294 e. The molecule has 0 spiro atoms. The highest BCUT2D eigenvalue weighted by Crippen LogP contribution is 2.59. The molecule has 0 saturated carbocycles. The molecule has 0 fully saturated rings. The Bertz CT molecular complexity index is 744. The number of hydrogen-bond acceptors (Lipinski definition) is 2. The van der Waals surface area contributed by atoms with Gasteiger partial charge in [0.2, 0.25) is 0 Å². The zero-order valence-electron chi connectivity index (χ0n) is 11.9. The Labute approximate surface area is 128 Å². The van der Waals surface area contributed by atoms with Gasteiger partial charge in [0.1, 0.15) is 0 Å². The smallest absolute Gasteiger partial charge is 0.160 e. The van der Waals surface area contributed by atoms with Gasteiger partial charge in [-0.2, -0.15) is 0 Å². The van der Waals surface area contributed by atoms with Crippen molar-refractivity contribution in [1.82, 2.24) is 0 Å². The minimum atomic E-state index is -0.229. The number of allylic oxidation sites excluding steroid dienone is 2. The van der Waals surface area contributed by atoms with Gasteiger partial charge in [-0.05, 0) is 34.4 Å². The van der Waals surface area contributed by atoms with Crippen LogP contribution in [-0.2, 0) is 9.59 Å². The molecule has 0 radical (unpaired) electrons. The lowest BCUT2D eigenvalue weighted by molar-refractivity contribution is -0.131. The third-order valence-corrected chi connectivity index (χ3v) is 5.51. The third-order valence-electron chi connectivity index (χ3n) is 5.51. The summed E-state index contributed by atoms with van der Waals surface area (Å²) in [6.07, 6.45) is 2.96. The number of hydrogen-bond donors (Lipinski definition) is 0. The minimum absolute atomic E-state index is 0.0174. The van der Waals surface area contributed by atoms with Crippen molar-refractivity contribution in [2.45, 2.75) is 11.8 Å². The van der Waals surface area contributed by atoms with Crippen molar-refractivity contribution in [2.24, 2.45) is 11.8 Å². The van der Waals surface area contributed by atoms with Crippen molar-refractivity contribution in [2.75, 3.05) is 0 Å². The van der Waals surface area contributed by atoms with Crippen molar-refractivity contribution >= 4 is 11.6 Å². The molecule has 0 aliphatic heterocycles. The van der Waals surface area contributed by atoms with Crippen molar-refractivity contribution in [3.63, 3.8) is 0 Å². The molecule has 0 unspecified atom stereocenters. The number of rotatable bonds is 0. The standard InChI is InChI=1S/C20H14O2/c21-15-9-10-16(22)20-18-12-6-2-1-5-11(12)17(19(15)20)13-7-3-4-8-14(13)18/h1-10,17-20H/t17?,18?,19-,20+. The first-order valence-corrected chi connectivity index (χ1v) is 7.71. The molecule has 4 aliphatic rings. The SMILES string of the molecule is O=C1C=CC(=O)[C@H]2C3c4ccccc4C(c4ccccc43)[C@@H]12. The zero-order valence-corrected chi connectivity index (χ0v) is 11.9. The van der Waals surface area contributed by atoms with Gasteiger partial charge in [0.25, 0.3) is 0 Å². The van der Waals surface area contributed by atoms with Crippen molar-refractivity contribution in [3.8, 4) is 0 Å². The van der Waals surface area contributed by atoms with E-state index >= 15 is 0 Å². The molecular formula is C20H14O2. The number of benzene rings is 2. The summed E-state index contributed by atoms with van der Waals surface area (Å²) >= 11 is 0. The van der Waals surface area contributed by atoms with Gasteiger partial charge >= 0.3 is 0 Å². The van der Waals surface area contributed by atoms with Crippen molar-refractivity contribution < 1.29 is 9.59 Å². The first kappa shape index (κ1) is 12.1. The Balaban J connectivity index is 1.87. The van der Waals surface area contributed by atoms with E-state index in [0.29, 0.717) is 0 Å². The highest BCUT2D eigenvalue weighted by atomic mass is 16.1. The molecule has 0 aromatic heterocycles. The fourth-order valence-corrected chi connectivity index (χ4v) is 4.75. The van der Waals surface area contributed by atoms with Gasteiger partial charge in [-0.1, -0.05) is 48.5 Å². The summed E-state index contributed by atoms with van der Waals surface area (Å²) in [4.78, 5) is 25.1. The highest BCUT2D eigenvalue weighted by Gasteiger charge is 2.54. The Morgan fingerprint density at radius 1 is 0.545 bits per heavy atom. The van der Waals surface area contributed by atoms with E-state index in [4.69, 9.17) is 0 Å². The summed E-state index contributed by atoms with van der Waals surface area (Å²) in [5, 5.41) is 0. The molecule has 2 aromatic rings.